The van der Waals surface area contributed by atoms with Gasteiger partial charge in [0.2, 0.25) is 5.91 Å². The molecule has 1 amide bonds. The third-order valence-electron chi connectivity index (χ3n) is 5.82. The molecule has 2 aromatic rings. The lowest BCUT2D eigenvalue weighted by Crippen LogP contribution is -2.46. The number of carbonyl (C=O) groups is 1. The number of fused-ring (bicyclic) bond motifs is 1. The Bertz CT molecular complexity index is 795. The molecule has 2 heterocycles. The van der Waals surface area contributed by atoms with Crippen LogP contribution in [0.1, 0.15) is 36.4 Å². The zero-order valence-corrected chi connectivity index (χ0v) is 15.7. The van der Waals surface area contributed by atoms with Gasteiger partial charge in [-0.25, -0.2) is 0 Å². The number of ether oxygens (including phenoxy) is 1. The van der Waals surface area contributed by atoms with Crippen molar-refractivity contribution in [3.63, 3.8) is 0 Å². The molecular weight excluding hydrogens is 338 g/mol. The summed E-state index contributed by atoms with van der Waals surface area (Å²) in [7, 11) is 0. The van der Waals surface area contributed by atoms with Crippen LogP contribution in [0.3, 0.4) is 0 Å². The summed E-state index contributed by atoms with van der Waals surface area (Å²) >= 11 is 0. The standard InChI is InChI=1S/C22H27N3O2/c1-15(25-13-18(19(23)14-25)16-7-3-2-4-8-16)22(26)24-20-11-12-27-21-10-6-5-9-17(20)21/h2-10,15,18-20H,11-14,23H2,1H3,(H,24,26)/t15?,18-,19+,20?/m0/s1. The first-order valence-electron chi connectivity index (χ1n) is 9.70. The number of nitrogens with one attached hydrogen (secondary N) is 1. The van der Waals surface area contributed by atoms with Gasteiger partial charge in [0.05, 0.1) is 18.7 Å². The number of hydrogen-bond donors (Lipinski definition) is 2. The quantitative estimate of drug-likeness (QED) is 0.873. The van der Waals surface area contributed by atoms with E-state index < -0.39 is 0 Å². The number of carbonyl (C=O) groups excluding carboxylic acids is 1. The van der Waals surface area contributed by atoms with E-state index in [1.165, 1.54) is 5.56 Å². The van der Waals surface area contributed by atoms with Crippen LogP contribution in [0.25, 0.3) is 0 Å². The highest BCUT2D eigenvalue weighted by molar-refractivity contribution is 5.82. The molecule has 142 valence electrons. The van der Waals surface area contributed by atoms with Gasteiger partial charge in [-0.15, -0.1) is 0 Å². The van der Waals surface area contributed by atoms with E-state index in [1.54, 1.807) is 0 Å². The second-order valence-corrected chi connectivity index (χ2v) is 7.55. The fourth-order valence-electron chi connectivity index (χ4n) is 4.18. The highest BCUT2D eigenvalue weighted by atomic mass is 16.5. The second-order valence-electron chi connectivity index (χ2n) is 7.55. The largest absolute Gasteiger partial charge is 0.493 e. The van der Waals surface area contributed by atoms with E-state index in [0.29, 0.717) is 6.61 Å². The van der Waals surface area contributed by atoms with Gasteiger partial charge in [0.15, 0.2) is 0 Å². The number of para-hydroxylation sites is 1. The molecule has 2 aromatic carbocycles. The van der Waals surface area contributed by atoms with Gasteiger partial charge in [-0.1, -0.05) is 48.5 Å². The molecule has 1 fully saturated rings. The van der Waals surface area contributed by atoms with Crippen LogP contribution in [0.4, 0.5) is 0 Å². The maximum Gasteiger partial charge on any atom is 0.237 e. The number of hydrogen-bond acceptors (Lipinski definition) is 4. The molecule has 4 atom stereocenters. The molecule has 2 aliphatic heterocycles. The van der Waals surface area contributed by atoms with Gasteiger partial charge >= 0.3 is 0 Å². The molecule has 0 aromatic heterocycles. The van der Waals surface area contributed by atoms with Crippen molar-refractivity contribution in [2.75, 3.05) is 19.7 Å². The fourth-order valence-corrected chi connectivity index (χ4v) is 4.18. The number of amides is 1. The number of rotatable bonds is 4. The second kappa shape index (κ2) is 7.71. The third kappa shape index (κ3) is 3.70. The Balaban J connectivity index is 1.42. The van der Waals surface area contributed by atoms with Crippen LogP contribution >= 0.6 is 0 Å². The topological polar surface area (TPSA) is 67.6 Å². The monoisotopic (exact) mass is 365 g/mol. The highest BCUT2D eigenvalue weighted by Crippen LogP contribution is 2.32. The molecule has 2 aliphatic rings. The Kier molecular flexibility index (Phi) is 5.14. The molecule has 0 aliphatic carbocycles. The van der Waals surface area contributed by atoms with Crippen molar-refractivity contribution in [3.05, 3.63) is 65.7 Å². The molecule has 0 spiro atoms. The molecule has 5 nitrogen and oxygen atoms in total. The maximum absolute atomic E-state index is 12.9. The van der Waals surface area contributed by atoms with Crippen LogP contribution < -0.4 is 15.8 Å². The van der Waals surface area contributed by atoms with Gasteiger partial charge in [0.25, 0.3) is 0 Å². The molecule has 2 unspecified atom stereocenters. The Morgan fingerprint density at radius 3 is 2.70 bits per heavy atom. The SMILES string of the molecule is CC(C(=O)NC1CCOc2ccccc21)N1C[C@@H](N)[C@H](c2ccccc2)C1. The van der Waals surface area contributed by atoms with Gasteiger partial charge in [0, 0.05) is 37.0 Å². The summed E-state index contributed by atoms with van der Waals surface area (Å²) in [6.45, 7) is 4.14. The van der Waals surface area contributed by atoms with E-state index in [-0.39, 0.29) is 30.0 Å². The number of nitrogens with two attached hydrogens (primary N) is 1. The van der Waals surface area contributed by atoms with E-state index in [1.807, 2.05) is 49.4 Å². The van der Waals surface area contributed by atoms with E-state index in [0.717, 1.165) is 30.8 Å². The molecule has 0 saturated carbocycles. The van der Waals surface area contributed by atoms with Crippen LogP contribution in [-0.2, 0) is 4.79 Å². The molecule has 4 rings (SSSR count). The van der Waals surface area contributed by atoms with Crippen LogP contribution in [0.5, 0.6) is 5.75 Å². The highest BCUT2D eigenvalue weighted by Gasteiger charge is 2.36. The summed E-state index contributed by atoms with van der Waals surface area (Å²) in [5, 5.41) is 3.22. The summed E-state index contributed by atoms with van der Waals surface area (Å²) < 4.78 is 5.69. The smallest absolute Gasteiger partial charge is 0.237 e. The van der Waals surface area contributed by atoms with Crippen LogP contribution in [0.2, 0.25) is 0 Å². The Labute approximate surface area is 160 Å². The minimum absolute atomic E-state index is 0.00565. The average molecular weight is 365 g/mol. The van der Waals surface area contributed by atoms with Crippen molar-refractivity contribution in [3.8, 4) is 5.75 Å². The first kappa shape index (κ1) is 18.0. The zero-order valence-electron chi connectivity index (χ0n) is 15.7. The Hall–Kier alpha value is -2.37. The number of likely N-dealkylation sites (tertiary alicyclic amines) is 1. The molecular formula is C22H27N3O2. The van der Waals surface area contributed by atoms with Crippen molar-refractivity contribution in [2.45, 2.75) is 37.4 Å². The predicted octanol–water partition coefficient (Wildman–Crippen LogP) is 2.44. The number of benzene rings is 2. The van der Waals surface area contributed by atoms with Crippen molar-refractivity contribution < 1.29 is 9.53 Å². The van der Waals surface area contributed by atoms with E-state index in [4.69, 9.17) is 10.5 Å². The van der Waals surface area contributed by atoms with Gasteiger partial charge in [-0.05, 0) is 18.6 Å². The van der Waals surface area contributed by atoms with Gasteiger partial charge in [-0.2, -0.15) is 0 Å². The molecule has 27 heavy (non-hydrogen) atoms. The first-order valence-corrected chi connectivity index (χ1v) is 9.70. The van der Waals surface area contributed by atoms with Crippen LogP contribution in [0.15, 0.2) is 54.6 Å². The third-order valence-corrected chi connectivity index (χ3v) is 5.82. The van der Waals surface area contributed by atoms with Crippen molar-refractivity contribution in [1.29, 1.82) is 0 Å². The Morgan fingerprint density at radius 1 is 1.15 bits per heavy atom. The molecule has 0 bridgehead atoms. The lowest BCUT2D eigenvalue weighted by atomic mass is 9.95. The lowest BCUT2D eigenvalue weighted by molar-refractivity contribution is -0.126. The molecule has 0 radical (unpaired) electrons. The minimum Gasteiger partial charge on any atom is -0.493 e. The molecule has 3 N–H and O–H groups in total. The van der Waals surface area contributed by atoms with Gasteiger partial charge in [-0.3, -0.25) is 9.69 Å². The summed E-state index contributed by atoms with van der Waals surface area (Å²) in [5.41, 5.74) is 8.71. The van der Waals surface area contributed by atoms with Crippen LogP contribution in [0, 0.1) is 0 Å². The first-order chi connectivity index (χ1) is 13.1. The van der Waals surface area contributed by atoms with E-state index in [2.05, 4.69) is 22.3 Å². The summed E-state index contributed by atoms with van der Waals surface area (Å²) in [6, 6.07) is 18.1. The van der Waals surface area contributed by atoms with Crippen LogP contribution in [-0.4, -0.2) is 42.6 Å². The van der Waals surface area contributed by atoms with E-state index >= 15 is 0 Å². The molecule has 5 heteroatoms. The Morgan fingerprint density at radius 2 is 1.89 bits per heavy atom. The maximum atomic E-state index is 12.9. The van der Waals surface area contributed by atoms with Crippen molar-refractivity contribution in [2.24, 2.45) is 5.73 Å². The molecule has 1 saturated heterocycles. The summed E-state index contributed by atoms with van der Waals surface area (Å²) in [5.74, 6) is 1.19. The zero-order chi connectivity index (χ0) is 18.8. The average Bonchev–Trinajstić information content (AvgIpc) is 3.10. The van der Waals surface area contributed by atoms with Crippen molar-refractivity contribution in [1.82, 2.24) is 10.2 Å². The number of nitrogens with zero attached hydrogens (tertiary/aromatic N) is 1. The normalized spacial score (nSPS) is 26.1. The predicted molar refractivity (Wildman–Crippen MR) is 106 cm³/mol. The van der Waals surface area contributed by atoms with Crippen molar-refractivity contribution >= 4 is 5.91 Å². The van der Waals surface area contributed by atoms with E-state index in [9.17, 15) is 4.79 Å². The minimum atomic E-state index is -0.209. The van der Waals surface area contributed by atoms with Gasteiger partial charge in [0.1, 0.15) is 5.75 Å². The summed E-state index contributed by atoms with van der Waals surface area (Å²) in [4.78, 5) is 15.1. The summed E-state index contributed by atoms with van der Waals surface area (Å²) in [6.07, 6.45) is 0.793. The van der Waals surface area contributed by atoms with Gasteiger partial charge < -0.3 is 15.8 Å². The lowest BCUT2D eigenvalue weighted by Gasteiger charge is -2.30. The fraction of sp³-hybridized carbons (Fsp3) is 0.409.